The molecule has 0 aliphatic rings. The van der Waals surface area contributed by atoms with Gasteiger partial charge in [0.15, 0.2) is 5.78 Å². The van der Waals surface area contributed by atoms with Crippen molar-refractivity contribution < 1.29 is 13.9 Å². The molecule has 2 aromatic heterocycles. The summed E-state index contributed by atoms with van der Waals surface area (Å²) < 4.78 is 13.0. The van der Waals surface area contributed by atoms with E-state index in [1.807, 2.05) is 39.1 Å². The fourth-order valence-electron chi connectivity index (χ4n) is 2.64. The molecule has 0 unspecified atom stereocenters. The molecule has 0 fully saturated rings. The van der Waals surface area contributed by atoms with Gasteiger partial charge in [-0.25, -0.2) is 0 Å². The highest BCUT2D eigenvalue weighted by Crippen LogP contribution is 2.20. The summed E-state index contributed by atoms with van der Waals surface area (Å²) in [6.45, 7) is 3.98. The second kappa shape index (κ2) is 7.62. The van der Waals surface area contributed by atoms with Crippen LogP contribution in [-0.2, 0) is 13.7 Å². The van der Waals surface area contributed by atoms with Crippen LogP contribution in [0.3, 0.4) is 0 Å². The summed E-state index contributed by atoms with van der Waals surface area (Å²) in [6.07, 6.45) is 3.15. The molecule has 0 saturated carbocycles. The SMILES string of the molecule is Cc1nn(C)c(C)c1C(=O)/C=C/c1ccc(COc2cccc(Cl)c2)o1. The maximum atomic E-state index is 12.4. The van der Waals surface area contributed by atoms with Gasteiger partial charge in [-0.2, -0.15) is 5.10 Å². The number of benzene rings is 1. The number of ether oxygens (including phenoxy) is 1. The Morgan fingerprint density at radius 1 is 1.31 bits per heavy atom. The lowest BCUT2D eigenvalue weighted by atomic mass is 10.1. The van der Waals surface area contributed by atoms with Crippen molar-refractivity contribution in [3.63, 3.8) is 0 Å². The molecule has 134 valence electrons. The second-order valence-electron chi connectivity index (χ2n) is 5.92. The predicted octanol–water partition coefficient (Wildman–Crippen LogP) is 4.76. The van der Waals surface area contributed by atoms with Crippen molar-refractivity contribution in [3.8, 4) is 5.75 Å². The quantitative estimate of drug-likeness (QED) is 0.463. The van der Waals surface area contributed by atoms with Crippen LogP contribution in [-0.4, -0.2) is 15.6 Å². The Morgan fingerprint density at radius 2 is 2.12 bits per heavy atom. The minimum absolute atomic E-state index is 0.0961. The molecular formula is C20H19ClN2O3. The van der Waals surface area contributed by atoms with Gasteiger partial charge >= 0.3 is 0 Å². The maximum absolute atomic E-state index is 12.4. The third kappa shape index (κ3) is 4.06. The zero-order valence-corrected chi connectivity index (χ0v) is 15.6. The van der Waals surface area contributed by atoms with Gasteiger partial charge in [-0.05, 0) is 56.3 Å². The maximum Gasteiger partial charge on any atom is 0.189 e. The van der Waals surface area contributed by atoms with E-state index in [4.69, 9.17) is 20.8 Å². The molecule has 3 aromatic rings. The molecule has 0 N–H and O–H groups in total. The summed E-state index contributed by atoms with van der Waals surface area (Å²) in [5, 5.41) is 4.88. The van der Waals surface area contributed by atoms with Gasteiger partial charge in [-0.3, -0.25) is 9.48 Å². The number of aromatic nitrogens is 2. The van der Waals surface area contributed by atoms with Crippen LogP contribution < -0.4 is 4.74 Å². The molecule has 1 aromatic carbocycles. The average molecular weight is 371 g/mol. The second-order valence-corrected chi connectivity index (χ2v) is 6.35. The zero-order chi connectivity index (χ0) is 18.7. The van der Waals surface area contributed by atoms with Gasteiger partial charge in [0.05, 0.1) is 11.3 Å². The lowest BCUT2D eigenvalue weighted by molar-refractivity contribution is 0.104. The molecule has 6 heteroatoms. The predicted molar refractivity (Wildman–Crippen MR) is 101 cm³/mol. The van der Waals surface area contributed by atoms with E-state index >= 15 is 0 Å². The average Bonchev–Trinajstić information content (AvgIpc) is 3.15. The third-order valence-corrected chi connectivity index (χ3v) is 4.25. The third-order valence-electron chi connectivity index (χ3n) is 4.01. The van der Waals surface area contributed by atoms with Gasteiger partial charge in [-0.15, -0.1) is 0 Å². The number of carbonyl (C=O) groups excluding carboxylic acids is 1. The van der Waals surface area contributed by atoms with Gasteiger partial charge in [0.25, 0.3) is 0 Å². The fraction of sp³-hybridized carbons (Fsp3) is 0.200. The summed E-state index contributed by atoms with van der Waals surface area (Å²) >= 11 is 5.93. The largest absolute Gasteiger partial charge is 0.486 e. The van der Waals surface area contributed by atoms with E-state index < -0.39 is 0 Å². The highest BCUT2D eigenvalue weighted by atomic mass is 35.5. The van der Waals surface area contributed by atoms with Crippen LogP contribution in [0.25, 0.3) is 6.08 Å². The smallest absolute Gasteiger partial charge is 0.189 e. The van der Waals surface area contributed by atoms with Crippen LogP contribution in [0, 0.1) is 13.8 Å². The van der Waals surface area contributed by atoms with Crippen LogP contribution >= 0.6 is 11.6 Å². The fourth-order valence-corrected chi connectivity index (χ4v) is 2.82. The summed E-state index contributed by atoms with van der Waals surface area (Å²) in [7, 11) is 1.82. The standard InChI is InChI=1S/C20H19ClN2O3/c1-13-20(14(2)23(3)22-13)19(24)10-9-16-7-8-18(26-16)12-25-17-6-4-5-15(21)11-17/h4-11H,12H2,1-3H3/b10-9+. The van der Waals surface area contributed by atoms with Crippen molar-refractivity contribution in [1.29, 1.82) is 0 Å². The van der Waals surface area contributed by atoms with Gasteiger partial charge in [-0.1, -0.05) is 17.7 Å². The van der Waals surface area contributed by atoms with E-state index in [9.17, 15) is 4.79 Å². The van der Waals surface area contributed by atoms with E-state index in [0.717, 1.165) is 11.4 Å². The molecule has 26 heavy (non-hydrogen) atoms. The molecule has 0 spiro atoms. The lowest BCUT2D eigenvalue weighted by Gasteiger charge is -2.03. The minimum Gasteiger partial charge on any atom is -0.486 e. The Morgan fingerprint density at radius 3 is 2.81 bits per heavy atom. The number of allylic oxidation sites excluding steroid dienone is 1. The first kappa shape index (κ1) is 18.0. The summed E-state index contributed by atoms with van der Waals surface area (Å²) in [6, 6.07) is 10.8. The van der Waals surface area contributed by atoms with Crippen molar-refractivity contribution in [1.82, 2.24) is 9.78 Å². The molecule has 0 bridgehead atoms. The number of halogens is 1. The monoisotopic (exact) mass is 370 g/mol. The molecule has 0 atom stereocenters. The summed E-state index contributed by atoms with van der Waals surface area (Å²) in [4.78, 5) is 12.4. The van der Waals surface area contributed by atoms with Crippen LogP contribution in [0.2, 0.25) is 5.02 Å². The number of rotatable bonds is 6. The number of carbonyl (C=O) groups is 1. The topological polar surface area (TPSA) is 57.3 Å². The molecule has 0 amide bonds. The number of ketones is 1. The van der Waals surface area contributed by atoms with Crippen molar-refractivity contribution in [2.45, 2.75) is 20.5 Å². The first-order chi connectivity index (χ1) is 12.4. The molecular weight excluding hydrogens is 352 g/mol. The van der Waals surface area contributed by atoms with E-state index in [1.165, 1.54) is 6.08 Å². The molecule has 0 aliphatic carbocycles. The normalized spacial score (nSPS) is 11.2. The van der Waals surface area contributed by atoms with Crippen molar-refractivity contribution in [2.24, 2.45) is 7.05 Å². The summed E-state index contributed by atoms with van der Waals surface area (Å²) in [5.41, 5.74) is 2.18. The Hall–Kier alpha value is -2.79. The molecule has 0 radical (unpaired) electrons. The Labute approximate surface area is 156 Å². The molecule has 0 aliphatic heterocycles. The molecule has 5 nitrogen and oxygen atoms in total. The molecule has 0 saturated heterocycles. The van der Waals surface area contributed by atoms with Crippen molar-refractivity contribution in [2.75, 3.05) is 0 Å². The number of hydrogen-bond acceptors (Lipinski definition) is 4. The Kier molecular flexibility index (Phi) is 5.28. The number of nitrogens with zero attached hydrogens (tertiary/aromatic N) is 2. The van der Waals surface area contributed by atoms with Crippen molar-refractivity contribution >= 4 is 23.5 Å². The number of aryl methyl sites for hydroxylation is 2. The highest BCUT2D eigenvalue weighted by Gasteiger charge is 2.15. The minimum atomic E-state index is -0.0961. The Bertz CT molecular complexity index is 969. The molecule has 3 rings (SSSR count). The van der Waals surface area contributed by atoms with Crippen LogP contribution in [0.5, 0.6) is 5.75 Å². The van der Waals surface area contributed by atoms with E-state index in [1.54, 1.807) is 29.0 Å². The van der Waals surface area contributed by atoms with Crippen LogP contribution in [0.15, 0.2) is 46.9 Å². The van der Waals surface area contributed by atoms with Crippen LogP contribution in [0.1, 0.15) is 33.3 Å². The van der Waals surface area contributed by atoms with Gasteiger partial charge < -0.3 is 9.15 Å². The number of furan rings is 1. The van der Waals surface area contributed by atoms with Crippen LogP contribution in [0.4, 0.5) is 0 Å². The summed E-state index contributed by atoms with van der Waals surface area (Å²) in [5.74, 6) is 1.82. The van der Waals surface area contributed by atoms with E-state index in [2.05, 4.69) is 5.10 Å². The lowest BCUT2D eigenvalue weighted by Crippen LogP contribution is -1.99. The zero-order valence-electron chi connectivity index (χ0n) is 14.8. The van der Waals surface area contributed by atoms with Gasteiger partial charge in [0.2, 0.25) is 0 Å². The van der Waals surface area contributed by atoms with Crippen molar-refractivity contribution in [3.05, 3.63) is 76.0 Å². The first-order valence-electron chi connectivity index (χ1n) is 8.13. The number of hydrogen-bond donors (Lipinski definition) is 0. The van der Waals surface area contributed by atoms with E-state index in [0.29, 0.717) is 27.9 Å². The van der Waals surface area contributed by atoms with Gasteiger partial charge in [0, 0.05) is 17.8 Å². The first-order valence-corrected chi connectivity index (χ1v) is 8.51. The Balaban J connectivity index is 1.64. The van der Waals surface area contributed by atoms with Gasteiger partial charge in [0.1, 0.15) is 23.9 Å². The van der Waals surface area contributed by atoms with E-state index in [-0.39, 0.29) is 12.4 Å². The highest BCUT2D eigenvalue weighted by molar-refractivity contribution is 6.30. The molecule has 2 heterocycles.